The van der Waals surface area contributed by atoms with Gasteiger partial charge in [-0.25, -0.2) is 13.2 Å². The molecule has 0 radical (unpaired) electrons. The van der Waals surface area contributed by atoms with Gasteiger partial charge in [-0.05, 0) is 18.6 Å². The van der Waals surface area contributed by atoms with Gasteiger partial charge in [0.2, 0.25) is 0 Å². The fraction of sp³-hybridized carbons (Fsp3) is 0.500. The van der Waals surface area contributed by atoms with Crippen molar-refractivity contribution in [2.24, 2.45) is 0 Å². The molecule has 1 saturated heterocycles. The van der Waals surface area contributed by atoms with E-state index in [1.807, 2.05) is 0 Å². The molecule has 0 aromatic carbocycles. The third-order valence-corrected chi connectivity index (χ3v) is 7.17. The van der Waals surface area contributed by atoms with Crippen LogP contribution in [0, 0.1) is 6.92 Å². The van der Waals surface area contributed by atoms with Crippen molar-refractivity contribution in [3.8, 4) is 0 Å². The number of aryl methyl sites for hydroxylation is 1. The average Bonchev–Trinajstić information content (AvgIpc) is 2.73. The molecule has 2 rings (SSSR count). The number of carboxylic acid groups (broad SMARTS) is 1. The molecule has 1 aromatic rings. The third kappa shape index (κ3) is 2.56. The first-order valence-corrected chi connectivity index (χ1v) is 8.75. The molecule has 18 heavy (non-hydrogen) atoms. The van der Waals surface area contributed by atoms with Gasteiger partial charge in [-0.3, -0.25) is 0 Å². The lowest BCUT2D eigenvalue weighted by molar-refractivity contribution is 0.0701. The summed E-state index contributed by atoms with van der Waals surface area (Å²) in [6, 6.07) is 1.45. The van der Waals surface area contributed by atoms with Gasteiger partial charge >= 0.3 is 5.97 Å². The van der Waals surface area contributed by atoms with Crippen molar-refractivity contribution < 1.29 is 18.3 Å². The number of nitrogens with zero attached hydrogens (tertiary/aromatic N) is 1. The number of thiophene rings is 1. The zero-order chi connectivity index (χ0) is 13.3. The maximum atomic E-state index is 12.3. The first-order chi connectivity index (χ1) is 8.43. The summed E-state index contributed by atoms with van der Waals surface area (Å²) in [6.07, 6.45) is 0. The standard InChI is InChI=1S/C10H13NO4S3/c1-7-6-8(17-9(7)10(12)13)18(14,15)11-2-4-16-5-3-11/h6H,2-5H2,1H3,(H,12,13). The zero-order valence-electron chi connectivity index (χ0n) is 9.75. The number of hydrogen-bond donors (Lipinski definition) is 1. The first kappa shape index (κ1) is 13.9. The average molecular weight is 307 g/mol. The van der Waals surface area contributed by atoms with Crippen molar-refractivity contribution in [3.63, 3.8) is 0 Å². The molecule has 0 unspecified atom stereocenters. The number of sulfonamides is 1. The predicted molar refractivity (Wildman–Crippen MR) is 72.1 cm³/mol. The highest BCUT2D eigenvalue weighted by Crippen LogP contribution is 2.29. The van der Waals surface area contributed by atoms with E-state index in [4.69, 9.17) is 5.11 Å². The molecule has 0 saturated carbocycles. The summed E-state index contributed by atoms with van der Waals surface area (Å²) in [4.78, 5) is 11.0. The van der Waals surface area contributed by atoms with Crippen LogP contribution in [0.4, 0.5) is 0 Å². The summed E-state index contributed by atoms with van der Waals surface area (Å²) in [7, 11) is -3.52. The molecule has 1 aliphatic heterocycles. The van der Waals surface area contributed by atoms with Crippen LogP contribution in [0.5, 0.6) is 0 Å². The lowest BCUT2D eigenvalue weighted by Gasteiger charge is -2.24. The molecule has 0 aliphatic carbocycles. The highest BCUT2D eigenvalue weighted by Gasteiger charge is 2.29. The van der Waals surface area contributed by atoms with Crippen LogP contribution in [-0.4, -0.2) is 48.4 Å². The molecule has 0 amide bonds. The predicted octanol–water partition coefficient (Wildman–Crippen LogP) is 1.49. The fourth-order valence-electron chi connectivity index (χ4n) is 1.71. The van der Waals surface area contributed by atoms with Crippen LogP contribution in [0.15, 0.2) is 10.3 Å². The number of hydrogen-bond acceptors (Lipinski definition) is 5. The summed E-state index contributed by atoms with van der Waals surface area (Å²) in [5, 5.41) is 8.95. The normalized spacial score (nSPS) is 17.8. The Morgan fingerprint density at radius 1 is 1.39 bits per heavy atom. The minimum absolute atomic E-state index is 0.0972. The van der Waals surface area contributed by atoms with Gasteiger partial charge in [-0.15, -0.1) is 11.3 Å². The van der Waals surface area contributed by atoms with Gasteiger partial charge in [0.25, 0.3) is 10.0 Å². The van der Waals surface area contributed by atoms with Crippen molar-refractivity contribution in [2.75, 3.05) is 24.6 Å². The lowest BCUT2D eigenvalue weighted by atomic mass is 10.3. The maximum absolute atomic E-state index is 12.3. The maximum Gasteiger partial charge on any atom is 0.346 e. The number of thioether (sulfide) groups is 1. The van der Waals surface area contributed by atoms with Crippen LogP contribution in [-0.2, 0) is 10.0 Å². The van der Waals surface area contributed by atoms with Crippen molar-refractivity contribution >= 4 is 39.1 Å². The van der Waals surface area contributed by atoms with E-state index >= 15 is 0 Å². The van der Waals surface area contributed by atoms with Crippen LogP contribution < -0.4 is 0 Å². The Balaban J connectivity index is 2.35. The first-order valence-electron chi connectivity index (χ1n) is 5.34. The van der Waals surface area contributed by atoms with Crippen LogP contribution in [0.1, 0.15) is 15.2 Å². The second kappa shape index (κ2) is 5.20. The Kier molecular flexibility index (Phi) is 4.00. The summed E-state index contributed by atoms with van der Waals surface area (Å²) in [5.74, 6) is 0.498. The van der Waals surface area contributed by atoms with Crippen molar-refractivity contribution in [1.29, 1.82) is 0 Å². The molecule has 1 fully saturated rings. The van der Waals surface area contributed by atoms with Gasteiger partial charge in [-0.1, -0.05) is 0 Å². The van der Waals surface area contributed by atoms with Crippen molar-refractivity contribution in [3.05, 3.63) is 16.5 Å². The zero-order valence-corrected chi connectivity index (χ0v) is 12.2. The largest absolute Gasteiger partial charge is 0.477 e. The Hall–Kier alpha value is -0.570. The van der Waals surface area contributed by atoms with E-state index in [0.29, 0.717) is 18.7 Å². The number of carboxylic acids is 1. The molecule has 1 aromatic heterocycles. The highest BCUT2D eigenvalue weighted by atomic mass is 32.2. The molecule has 8 heteroatoms. The van der Waals surface area contributed by atoms with E-state index in [1.165, 1.54) is 10.4 Å². The summed E-state index contributed by atoms with van der Waals surface area (Å²) >= 11 is 2.56. The summed E-state index contributed by atoms with van der Waals surface area (Å²) in [6.45, 7) is 2.60. The second-order valence-corrected chi connectivity index (χ2v) is 8.34. The molecular formula is C10H13NO4S3. The van der Waals surface area contributed by atoms with Crippen LogP contribution in [0.2, 0.25) is 0 Å². The minimum Gasteiger partial charge on any atom is -0.477 e. The second-order valence-electron chi connectivity index (χ2n) is 3.90. The molecule has 0 bridgehead atoms. The van der Waals surface area contributed by atoms with Crippen LogP contribution in [0.3, 0.4) is 0 Å². The fourth-order valence-corrected chi connectivity index (χ4v) is 5.82. The molecule has 0 atom stereocenters. The number of carbonyl (C=O) groups is 1. The van der Waals surface area contributed by atoms with Gasteiger partial charge in [0, 0.05) is 24.6 Å². The Morgan fingerprint density at radius 2 is 2.00 bits per heavy atom. The van der Waals surface area contributed by atoms with Crippen molar-refractivity contribution in [2.45, 2.75) is 11.1 Å². The third-order valence-electron chi connectivity index (χ3n) is 2.65. The monoisotopic (exact) mass is 307 g/mol. The minimum atomic E-state index is -3.52. The van der Waals surface area contributed by atoms with E-state index in [-0.39, 0.29) is 9.09 Å². The quantitative estimate of drug-likeness (QED) is 0.916. The molecule has 5 nitrogen and oxygen atoms in total. The van der Waals surface area contributed by atoms with E-state index in [9.17, 15) is 13.2 Å². The van der Waals surface area contributed by atoms with Crippen LogP contribution >= 0.6 is 23.1 Å². The SMILES string of the molecule is Cc1cc(S(=O)(=O)N2CCSCC2)sc1C(=O)O. The Bertz CT molecular complexity index is 558. The van der Waals surface area contributed by atoms with Gasteiger partial charge < -0.3 is 5.11 Å². The van der Waals surface area contributed by atoms with Gasteiger partial charge in [-0.2, -0.15) is 16.1 Å². The molecule has 1 N–H and O–H groups in total. The topological polar surface area (TPSA) is 74.7 Å². The Labute approximate surface area is 114 Å². The molecule has 2 heterocycles. The Morgan fingerprint density at radius 3 is 2.50 bits per heavy atom. The summed E-state index contributed by atoms with van der Waals surface area (Å²) < 4.78 is 26.2. The molecule has 1 aliphatic rings. The van der Waals surface area contributed by atoms with Gasteiger partial charge in [0.05, 0.1) is 0 Å². The van der Waals surface area contributed by atoms with E-state index in [1.54, 1.807) is 18.7 Å². The number of rotatable bonds is 3. The van der Waals surface area contributed by atoms with Crippen molar-refractivity contribution in [1.82, 2.24) is 4.31 Å². The molecular weight excluding hydrogens is 294 g/mol. The van der Waals surface area contributed by atoms with E-state index < -0.39 is 16.0 Å². The van der Waals surface area contributed by atoms with Gasteiger partial charge in [0.15, 0.2) is 0 Å². The van der Waals surface area contributed by atoms with Gasteiger partial charge in [0.1, 0.15) is 9.09 Å². The highest BCUT2D eigenvalue weighted by molar-refractivity contribution is 7.99. The van der Waals surface area contributed by atoms with Crippen LogP contribution in [0.25, 0.3) is 0 Å². The van der Waals surface area contributed by atoms with E-state index in [0.717, 1.165) is 22.8 Å². The molecule has 100 valence electrons. The smallest absolute Gasteiger partial charge is 0.346 e. The summed E-state index contributed by atoms with van der Waals surface area (Å²) in [5.41, 5.74) is 0.498. The molecule has 0 spiro atoms. The van der Waals surface area contributed by atoms with E-state index in [2.05, 4.69) is 0 Å². The lowest BCUT2D eigenvalue weighted by Crippen LogP contribution is -2.37. The number of aromatic carboxylic acids is 1.